The maximum absolute atomic E-state index is 13.2. The lowest BCUT2D eigenvalue weighted by Crippen LogP contribution is -2.14. The van der Waals surface area contributed by atoms with Gasteiger partial charge in [-0.3, -0.25) is 9.78 Å². The van der Waals surface area contributed by atoms with Crippen LogP contribution < -0.4 is 5.32 Å². The van der Waals surface area contributed by atoms with Gasteiger partial charge in [-0.2, -0.15) is 0 Å². The number of aromatic nitrogens is 1. The highest BCUT2D eigenvalue weighted by atomic mass is 35.5. The van der Waals surface area contributed by atoms with Gasteiger partial charge in [0.15, 0.2) is 0 Å². The lowest BCUT2D eigenvalue weighted by atomic mass is 10.1. The van der Waals surface area contributed by atoms with Crippen LogP contribution in [-0.2, 0) is 0 Å². The number of aliphatic hydroxyl groups excluding tert-OH is 1. The van der Waals surface area contributed by atoms with E-state index in [1.165, 1.54) is 24.5 Å². The highest BCUT2D eigenvalue weighted by molar-refractivity contribution is 6.31. The fourth-order valence-electron chi connectivity index (χ4n) is 1.65. The quantitative estimate of drug-likeness (QED) is 0.838. The van der Waals surface area contributed by atoms with E-state index in [-0.39, 0.29) is 22.9 Å². The minimum Gasteiger partial charge on any atom is -0.384 e. The molecule has 0 aliphatic rings. The molecule has 1 aromatic heterocycles. The number of nitrogens with one attached hydrogen (secondary N) is 1. The molecule has 0 unspecified atom stereocenters. The molecule has 0 atom stereocenters. The first-order valence-electron chi connectivity index (χ1n) is 5.91. The second kappa shape index (κ2) is 6.84. The normalized spacial score (nSPS) is 9.67. The van der Waals surface area contributed by atoms with E-state index in [1.54, 1.807) is 0 Å². The molecule has 1 aromatic carbocycles. The summed E-state index contributed by atoms with van der Waals surface area (Å²) in [7, 11) is 0. The van der Waals surface area contributed by atoms with Gasteiger partial charge in [-0.15, -0.1) is 0 Å². The lowest BCUT2D eigenvalue weighted by molar-refractivity contribution is 0.102. The van der Waals surface area contributed by atoms with Gasteiger partial charge in [0.2, 0.25) is 0 Å². The van der Waals surface area contributed by atoms with Crippen LogP contribution in [-0.4, -0.2) is 22.6 Å². The average Bonchev–Trinajstić information content (AvgIpc) is 2.44. The number of hydrogen-bond acceptors (Lipinski definition) is 3. The van der Waals surface area contributed by atoms with Crippen LogP contribution in [0.15, 0.2) is 36.7 Å². The number of aliphatic hydroxyl groups is 1. The fraction of sp³-hybridized carbons (Fsp3) is 0.0667. The number of nitrogens with zero attached hydrogens (tertiary/aromatic N) is 1. The SMILES string of the molecule is O=C(Nc1cc(F)cc(Cl)c1)c1ccncc1C#CCO. The Kier molecular flexibility index (Phi) is 4.88. The predicted molar refractivity (Wildman–Crippen MR) is 77.6 cm³/mol. The summed E-state index contributed by atoms with van der Waals surface area (Å²) in [6.07, 6.45) is 2.85. The van der Waals surface area contributed by atoms with Crippen LogP contribution in [0.2, 0.25) is 5.02 Å². The molecule has 21 heavy (non-hydrogen) atoms. The van der Waals surface area contributed by atoms with Crippen LogP contribution in [0, 0.1) is 17.7 Å². The van der Waals surface area contributed by atoms with Crippen molar-refractivity contribution in [2.45, 2.75) is 0 Å². The Labute approximate surface area is 125 Å². The van der Waals surface area contributed by atoms with Crippen molar-refractivity contribution in [3.63, 3.8) is 0 Å². The molecular weight excluding hydrogens is 295 g/mol. The summed E-state index contributed by atoms with van der Waals surface area (Å²) >= 11 is 5.73. The number of halogens is 2. The van der Waals surface area contributed by atoms with Crippen LogP contribution in [0.1, 0.15) is 15.9 Å². The summed E-state index contributed by atoms with van der Waals surface area (Å²) < 4.78 is 13.2. The van der Waals surface area contributed by atoms with Gasteiger partial charge in [0.1, 0.15) is 12.4 Å². The zero-order valence-corrected chi connectivity index (χ0v) is 11.5. The standard InChI is InChI=1S/C15H10ClFN2O2/c16-11-6-12(17)8-13(7-11)19-15(21)14-3-4-18-9-10(14)2-1-5-20/h3-4,6-9,20H,5H2,(H,19,21). The van der Waals surface area contributed by atoms with Gasteiger partial charge in [0, 0.05) is 23.1 Å². The summed E-state index contributed by atoms with van der Waals surface area (Å²) in [5, 5.41) is 11.4. The van der Waals surface area contributed by atoms with Gasteiger partial charge in [-0.25, -0.2) is 4.39 Å². The molecule has 4 nitrogen and oxygen atoms in total. The molecule has 106 valence electrons. The molecule has 0 radical (unpaired) electrons. The highest BCUT2D eigenvalue weighted by Gasteiger charge is 2.11. The number of anilines is 1. The van der Waals surface area contributed by atoms with Crippen molar-refractivity contribution >= 4 is 23.2 Å². The van der Waals surface area contributed by atoms with Crippen LogP contribution in [0.4, 0.5) is 10.1 Å². The van der Waals surface area contributed by atoms with Crippen molar-refractivity contribution in [2.75, 3.05) is 11.9 Å². The molecule has 2 rings (SSSR count). The highest BCUT2D eigenvalue weighted by Crippen LogP contribution is 2.19. The summed E-state index contributed by atoms with van der Waals surface area (Å²) in [5.41, 5.74) is 0.876. The molecule has 0 saturated carbocycles. The van der Waals surface area contributed by atoms with E-state index < -0.39 is 11.7 Å². The van der Waals surface area contributed by atoms with Crippen molar-refractivity contribution in [2.24, 2.45) is 0 Å². The monoisotopic (exact) mass is 304 g/mol. The Balaban J connectivity index is 2.28. The maximum Gasteiger partial charge on any atom is 0.257 e. The minimum atomic E-state index is -0.548. The number of hydrogen-bond donors (Lipinski definition) is 2. The van der Waals surface area contributed by atoms with E-state index in [9.17, 15) is 9.18 Å². The van der Waals surface area contributed by atoms with Crippen LogP contribution in [0.25, 0.3) is 0 Å². The molecular formula is C15H10ClFN2O2. The van der Waals surface area contributed by atoms with Crippen LogP contribution >= 0.6 is 11.6 Å². The molecule has 0 fully saturated rings. The van der Waals surface area contributed by atoms with Gasteiger partial charge >= 0.3 is 0 Å². The van der Waals surface area contributed by atoms with E-state index in [1.807, 2.05) is 0 Å². The number of rotatable bonds is 2. The molecule has 2 aromatic rings. The van der Waals surface area contributed by atoms with Crippen molar-refractivity contribution in [1.29, 1.82) is 0 Å². The summed E-state index contributed by atoms with van der Waals surface area (Å²) in [4.78, 5) is 16.1. The van der Waals surface area contributed by atoms with Gasteiger partial charge in [0.05, 0.1) is 11.1 Å². The van der Waals surface area contributed by atoms with E-state index >= 15 is 0 Å². The number of carbonyl (C=O) groups is 1. The van der Waals surface area contributed by atoms with E-state index in [0.29, 0.717) is 5.56 Å². The van der Waals surface area contributed by atoms with Gasteiger partial charge < -0.3 is 10.4 Å². The van der Waals surface area contributed by atoms with Gasteiger partial charge in [-0.05, 0) is 24.3 Å². The Morgan fingerprint density at radius 1 is 1.43 bits per heavy atom. The van der Waals surface area contributed by atoms with Crippen molar-refractivity contribution < 1.29 is 14.3 Å². The molecule has 1 heterocycles. The topological polar surface area (TPSA) is 62.2 Å². The van der Waals surface area contributed by atoms with Gasteiger partial charge in [-0.1, -0.05) is 23.4 Å². The Bertz CT molecular complexity index is 718. The third-order valence-corrected chi connectivity index (χ3v) is 2.71. The second-order valence-corrected chi connectivity index (χ2v) is 4.43. The minimum absolute atomic E-state index is 0.181. The zero-order valence-electron chi connectivity index (χ0n) is 10.7. The molecule has 0 spiro atoms. The summed E-state index contributed by atoms with van der Waals surface area (Å²) in [5.74, 6) is 4.06. The second-order valence-electron chi connectivity index (χ2n) is 3.99. The fourth-order valence-corrected chi connectivity index (χ4v) is 1.87. The molecule has 0 saturated heterocycles. The van der Waals surface area contributed by atoms with Crippen molar-refractivity contribution in [3.05, 3.63) is 58.6 Å². The van der Waals surface area contributed by atoms with Gasteiger partial charge in [0.25, 0.3) is 5.91 Å². The molecule has 6 heteroatoms. The zero-order chi connectivity index (χ0) is 15.2. The smallest absolute Gasteiger partial charge is 0.257 e. The molecule has 0 aliphatic heterocycles. The molecule has 0 aliphatic carbocycles. The number of amides is 1. The van der Waals surface area contributed by atoms with E-state index in [0.717, 1.165) is 12.1 Å². The lowest BCUT2D eigenvalue weighted by Gasteiger charge is -2.07. The summed E-state index contributed by atoms with van der Waals surface area (Å²) in [6, 6.07) is 5.21. The Morgan fingerprint density at radius 3 is 2.95 bits per heavy atom. The first kappa shape index (κ1) is 15.0. The predicted octanol–water partition coefficient (Wildman–Crippen LogP) is 2.47. The van der Waals surface area contributed by atoms with Crippen LogP contribution in [0.3, 0.4) is 0 Å². The number of pyridine rings is 1. The number of benzene rings is 1. The maximum atomic E-state index is 13.2. The first-order chi connectivity index (χ1) is 10.1. The van der Waals surface area contributed by atoms with E-state index in [2.05, 4.69) is 22.1 Å². The Morgan fingerprint density at radius 2 is 2.24 bits per heavy atom. The Hall–Kier alpha value is -2.42. The summed E-state index contributed by atoms with van der Waals surface area (Å²) in [6.45, 7) is -0.324. The van der Waals surface area contributed by atoms with Crippen LogP contribution in [0.5, 0.6) is 0 Å². The largest absolute Gasteiger partial charge is 0.384 e. The van der Waals surface area contributed by atoms with Crippen molar-refractivity contribution in [3.8, 4) is 11.8 Å². The number of carbonyl (C=O) groups excluding carboxylic acids is 1. The van der Waals surface area contributed by atoms with E-state index in [4.69, 9.17) is 16.7 Å². The molecule has 1 amide bonds. The third kappa shape index (κ3) is 4.02. The molecule has 0 bridgehead atoms. The third-order valence-electron chi connectivity index (χ3n) is 2.49. The molecule has 2 N–H and O–H groups in total. The van der Waals surface area contributed by atoms with Crippen molar-refractivity contribution in [1.82, 2.24) is 4.98 Å². The first-order valence-corrected chi connectivity index (χ1v) is 6.29. The average molecular weight is 305 g/mol.